The molecule has 0 heterocycles. The van der Waals surface area contributed by atoms with Crippen LogP contribution in [0.5, 0.6) is 0 Å². The van der Waals surface area contributed by atoms with Crippen LogP contribution < -0.4 is 10.0 Å². The van der Waals surface area contributed by atoms with Gasteiger partial charge in [-0.1, -0.05) is 29.8 Å². The smallest absolute Gasteiger partial charge is 0.243 e. The second kappa shape index (κ2) is 6.09. The fourth-order valence-corrected chi connectivity index (χ4v) is 4.11. The van der Waals surface area contributed by atoms with Gasteiger partial charge in [0.2, 0.25) is 10.0 Å². The second-order valence-corrected chi connectivity index (χ2v) is 7.70. The summed E-state index contributed by atoms with van der Waals surface area (Å²) in [6.07, 6.45) is 0.805. The van der Waals surface area contributed by atoms with Crippen LogP contribution in [-0.2, 0) is 16.6 Å². The summed E-state index contributed by atoms with van der Waals surface area (Å²) in [5.74, 6) is -0.365. The largest absolute Gasteiger partial charge is 0.313 e. The Balaban J connectivity index is 2.32. The van der Waals surface area contributed by atoms with E-state index in [2.05, 4.69) is 26.0 Å². The van der Waals surface area contributed by atoms with E-state index in [4.69, 9.17) is 0 Å². The number of hydrogen-bond donors (Lipinski definition) is 2. The summed E-state index contributed by atoms with van der Waals surface area (Å²) in [7, 11) is -3.81. The number of sulfonamides is 1. The van der Waals surface area contributed by atoms with E-state index in [1.165, 1.54) is 6.07 Å². The third-order valence-corrected chi connectivity index (χ3v) is 5.30. The minimum atomic E-state index is -3.81. The lowest BCUT2D eigenvalue weighted by molar-refractivity contribution is 0.541. The molecule has 1 aliphatic rings. The molecule has 1 fully saturated rings. The molecule has 0 saturated heterocycles. The van der Waals surface area contributed by atoms with E-state index in [1.54, 1.807) is 6.07 Å². The first-order chi connectivity index (χ1) is 9.35. The summed E-state index contributed by atoms with van der Waals surface area (Å²) >= 11 is 3.24. The first kappa shape index (κ1) is 15.9. The lowest BCUT2D eigenvalue weighted by Crippen LogP contribution is -2.28. The maximum Gasteiger partial charge on any atom is 0.243 e. The average molecular weight is 365 g/mol. The summed E-state index contributed by atoms with van der Waals surface area (Å²) in [6, 6.07) is 2.83. The number of benzene rings is 1. The Bertz CT molecular complexity index is 607. The van der Waals surface area contributed by atoms with Crippen LogP contribution in [0.2, 0.25) is 0 Å². The molecule has 0 spiro atoms. The Morgan fingerprint density at radius 1 is 1.45 bits per heavy atom. The van der Waals surface area contributed by atoms with Gasteiger partial charge in [-0.05, 0) is 31.0 Å². The van der Waals surface area contributed by atoms with Crippen LogP contribution in [0.25, 0.3) is 0 Å². The molecular formula is C13H18BrFN2O2S. The Morgan fingerprint density at radius 2 is 2.10 bits per heavy atom. The number of rotatable bonds is 6. The maximum atomic E-state index is 14.4. The predicted octanol–water partition coefficient (Wildman–Crippen LogP) is 2.38. The van der Waals surface area contributed by atoms with Gasteiger partial charge >= 0.3 is 0 Å². The Morgan fingerprint density at radius 3 is 2.65 bits per heavy atom. The van der Waals surface area contributed by atoms with Crippen molar-refractivity contribution in [2.24, 2.45) is 5.92 Å². The summed E-state index contributed by atoms with van der Waals surface area (Å²) in [4.78, 5) is -0.293. The molecule has 2 N–H and O–H groups in total. The zero-order valence-electron chi connectivity index (χ0n) is 11.4. The van der Waals surface area contributed by atoms with Crippen LogP contribution in [0.15, 0.2) is 21.5 Å². The summed E-state index contributed by atoms with van der Waals surface area (Å²) in [5.41, 5.74) is 0.338. The molecule has 1 aliphatic carbocycles. The molecule has 1 aromatic carbocycles. The zero-order valence-corrected chi connectivity index (χ0v) is 13.8. The van der Waals surface area contributed by atoms with Gasteiger partial charge in [0.1, 0.15) is 10.7 Å². The van der Waals surface area contributed by atoms with E-state index in [0.717, 1.165) is 6.42 Å². The van der Waals surface area contributed by atoms with E-state index in [1.807, 2.05) is 13.8 Å². The van der Waals surface area contributed by atoms with Crippen molar-refractivity contribution in [3.05, 3.63) is 28.0 Å². The average Bonchev–Trinajstić information content (AvgIpc) is 3.04. The fraction of sp³-hybridized carbons (Fsp3) is 0.538. The van der Waals surface area contributed by atoms with Gasteiger partial charge in [-0.2, -0.15) is 0 Å². The van der Waals surface area contributed by atoms with Crippen molar-refractivity contribution in [3.63, 3.8) is 0 Å². The van der Waals surface area contributed by atoms with Gasteiger partial charge in [0.05, 0.1) is 0 Å². The molecule has 4 nitrogen and oxygen atoms in total. The highest BCUT2D eigenvalue weighted by Crippen LogP contribution is 2.32. The molecule has 2 atom stereocenters. The summed E-state index contributed by atoms with van der Waals surface area (Å²) in [6.45, 7) is 4.85. The number of nitrogens with one attached hydrogen (secondary N) is 2. The quantitative estimate of drug-likeness (QED) is 0.814. The highest BCUT2D eigenvalue weighted by atomic mass is 79.9. The Hall–Kier alpha value is -0.500. The molecule has 2 unspecified atom stereocenters. The van der Waals surface area contributed by atoms with E-state index in [-0.39, 0.29) is 10.9 Å². The number of halogens is 2. The maximum absolute atomic E-state index is 14.4. The Labute approximate surface area is 127 Å². The molecule has 0 radical (unpaired) electrons. The van der Waals surface area contributed by atoms with Crippen LogP contribution >= 0.6 is 15.9 Å². The van der Waals surface area contributed by atoms with Crippen molar-refractivity contribution in [3.8, 4) is 0 Å². The van der Waals surface area contributed by atoms with Crippen molar-refractivity contribution in [2.45, 2.75) is 37.8 Å². The molecule has 1 aromatic rings. The van der Waals surface area contributed by atoms with Crippen molar-refractivity contribution >= 4 is 26.0 Å². The molecule has 20 heavy (non-hydrogen) atoms. The van der Waals surface area contributed by atoms with Crippen LogP contribution in [0, 0.1) is 11.7 Å². The summed E-state index contributed by atoms with van der Waals surface area (Å²) < 4.78 is 41.9. The highest BCUT2D eigenvalue weighted by Gasteiger charge is 2.37. The monoisotopic (exact) mass is 364 g/mol. The Kier molecular flexibility index (Phi) is 4.84. The standard InChI is InChI=1S/C13H18BrFN2O2S/c1-3-16-7-9-5-10(14)6-12(13(9)15)20(18,19)17-11-4-8(11)2/h5-6,8,11,16-17H,3-4,7H2,1-2H3. The van der Waals surface area contributed by atoms with Crippen LogP contribution in [0.1, 0.15) is 25.8 Å². The van der Waals surface area contributed by atoms with Crippen LogP contribution in [0.3, 0.4) is 0 Å². The molecule has 2 rings (SSSR count). The van der Waals surface area contributed by atoms with Gasteiger partial charge in [-0.25, -0.2) is 17.5 Å². The van der Waals surface area contributed by atoms with Gasteiger partial charge in [0, 0.05) is 22.6 Å². The topological polar surface area (TPSA) is 58.2 Å². The van der Waals surface area contributed by atoms with Gasteiger partial charge in [0.25, 0.3) is 0 Å². The fourth-order valence-electron chi connectivity index (χ4n) is 1.95. The van der Waals surface area contributed by atoms with Gasteiger partial charge in [-0.15, -0.1) is 0 Å². The molecule has 0 aliphatic heterocycles. The number of hydrogen-bond acceptors (Lipinski definition) is 3. The van der Waals surface area contributed by atoms with E-state index >= 15 is 0 Å². The van der Waals surface area contributed by atoms with Crippen molar-refractivity contribution in [2.75, 3.05) is 6.54 Å². The SMILES string of the molecule is CCNCc1cc(Br)cc(S(=O)(=O)NC2CC2C)c1F. The molecular weight excluding hydrogens is 347 g/mol. The third-order valence-electron chi connectivity index (χ3n) is 3.35. The minimum Gasteiger partial charge on any atom is -0.313 e. The lowest BCUT2D eigenvalue weighted by atomic mass is 10.2. The van der Waals surface area contributed by atoms with Gasteiger partial charge < -0.3 is 5.32 Å². The molecule has 0 amide bonds. The molecule has 0 bridgehead atoms. The third kappa shape index (κ3) is 3.58. The second-order valence-electron chi connectivity index (χ2n) is 5.10. The van der Waals surface area contributed by atoms with Gasteiger partial charge in [0.15, 0.2) is 0 Å². The molecule has 7 heteroatoms. The first-order valence-electron chi connectivity index (χ1n) is 6.56. The molecule has 0 aromatic heterocycles. The van der Waals surface area contributed by atoms with E-state index < -0.39 is 15.8 Å². The normalized spacial score (nSPS) is 22.0. The molecule has 112 valence electrons. The van der Waals surface area contributed by atoms with Gasteiger partial charge in [-0.3, -0.25) is 0 Å². The van der Waals surface area contributed by atoms with Crippen molar-refractivity contribution in [1.29, 1.82) is 0 Å². The highest BCUT2D eigenvalue weighted by molar-refractivity contribution is 9.10. The minimum absolute atomic E-state index is 0.0735. The van der Waals surface area contributed by atoms with Crippen LogP contribution in [0.4, 0.5) is 4.39 Å². The van der Waals surface area contributed by atoms with Crippen LogP contribution in [-0.4, -0.2) is 21.0 Å². The predicted molar refractivity (Wildman–Crippen MR) is 79.4 cm³/mol. The van der Waals surface area contributed by atoms with Crippen molar-refractivity contribution in [1.82, 2.24) is 10.0 Å². The van der Waals surface area contributed by atoms with E-state index in [0.29, 0.717) is 29.0 Å². The summed E-state index contributed by atoms with van der Waals surface area (Å²) in [5, 5.41) is 3.00. The lowest BCUT2D eigenvalue weighted by Gasteiger charge is -2.11. The first-order valence-corrected chi connectivity index (χ1v) is 8.83. The molecule has 1 saturated carbocycles. The van der Waals surface area contributed by atoms with E-state index in [9.17, 15) is 12.8 Å². The van der Waals surface area contributed by atoms with Crippen molar-refractivity contribution < 1.29 is 12.8 Å². The zero-order chi connectivity index (χ0) is 14.9.